The Morgan fingerprint density at radius 3 is 2.06 bits per heavy atom. The first-order chi connectivity index (χ1) is 8.27. The molecule has 0 aliphatic carbocycles. The van der Waals surface area contributed by atoms with E-state index in [1.165, 1.54) is 5.56 Å². The molecule has 2 aromatic carbocycles. The summed E-state index contributed by atoms with van der Waals surface area (Å²) in [4.78, 5) is 2.13. The fraction of sp³-hybridized carbons (Fsp3) is 0.143. The molecular formula is C14H15BClN. The van der Waals surface area contributed by atoms with Crippen molar-refractivity contribution in [2.75, 3.05) is 7.05 Å². The van der Waals surface area contributed by atoms with Gasteiger partial charge in [0.25, 0.3) is 0 Å². The number of benzene rings is 2. The van der Waals surface area contributed by atoms with Gasteiger partial charge in [-0.3, -0.25) is 0 Å². The number of rotatable bonds is 4. The highest BCUT2D eigenvalue weighted by atomic mass is 35.5. The third kappa shape index (κ3) is 3.35. The Kier molecular flexibility index (Phi) is 4.24. The lowest BCUT2D eigenvalue weighted by Gasteiger charge is -2.20. The molecule has 0 radical (unpaired) electrons. The molecule has 1 nitrogen and oxygen atoms in total. The summed E-state index contributed by atoms with van der Waals surface area (Å²) in [5, 5.41) is 0. The Balaban J connectivity index is 2.03. The van der Waals surface area contributed by atoms with Crippen LogP contribution in [-0.4, -0.2) is 18.1 Å². The van der Waals surface area contributed by atoms with Crippen LogP contribution in [0.1, 0.15) is 5.56 Å². The third-order valence-corrected chi connectivity index (χ3v) is 3.32. The van der Waals surface area contributed by atoms with Crippen LogP contribution in [0, 0.1) is 0 Å². The van der Waals surface area contributed by atoms with Gasteiger partial charge in [-0.25, -0.2) is 0 Å². The van der Waals surface area contributed by atoms with E-state index in [0.29, 0.717) is 0 Å². The number of nitrogens with zero attached hydrogens (tertiary/aromatic N) is 1. The first-order valence-electron chi connectivity index (χ1n) is 5.70. The van der Waals surface area contributed by atoms with Crippen molar-refractivity contribution in [2.24, 2.45) is 0 Å². The number of hydrogen-bond donors (Lipinski definition) is 0. The standard InChI is InChI=1S/C14H15BClN/c1-17(12-13-8-4-2-5-9-13)15(16)14-10-6-3-7-11-14/h2-11H,12H2,1H3. The molecule has 0 fully saturated rings. The van der Waals surface area contributed by atoms with Gasteiger partial charge in [-0.2, -0.15) is 11.5 Å². The third-order valence-electron chi connectivity index (χ3n) is 2.74. The van der Waals surface area contributed by atoms with Gasteiger partial charge in [0.15, 0.2) is 0 Å². The van der Waals surface area contributed by atoms with Crippen molar-refractivity contribution in [2.45, 2.75) is 6.54 Å². The van der Waals surface area contributed by atoms with Crippen LogP contribution in [0.25, 0.3) is 0 Å². The molecule has 0 bridgehead atoms. The number of hydrogen-bond acceptors (Lipinski definition) is 1. The molecule has 0 saturated carbocycles. The zero-order valence-electron chi connectivity index (χ0n) is 9.88. The van der Waals surface area contributed by atoms with Crippen molar-refractivity contribution in [1.29, 1.82) is 0 Å². The Hall–Kier alpha value is -1.25. The average molecular weight is 244 g/mol. The fourth-order valence-corrected chi connectivity index (χ4v) is 2.03. The summed E-state index contributed by atoms with van der Waals surface area (Å²) in [6, 6.07) is 20.5. The van der Waals surface area contributed by atoms with Crippen LogP contribution < -0.4 is 5.46 Å². The van der Waals surface area contributed by atoms with Gasteiger partial charge in [-0.15, -0.1) is 0 Å². The molecule has 17 heavy (non-hydrogen) atoms. The molecule has 0 N–H and O–H groups in total. The lowest BCUT2D eigenvalue weighted by Crippen LogP contribution is -2.41. The molecule has 0 saturated heterocycles. The van der Waals surface area contributed by atoms with Gasteiger partial charge in [-0.1, -0.05) is 60.7 Å². The van der Waals surface area contributed by atoms with Crippen LogP contribution in [0.4, 0.5) is 0 Å². The fourth-order valence-electron chi connectivity index (χ4n) is 1.82. The monoisotopic (exact) mass is 243 g/mol. The zero-order valence-corrected chi connectivity index (χ0v) is 10.6. The molecule has 0 unspecified atom stereocenters. The molecule has 0 heterocycles. The van der Waals surface area contributed by atoms with Crippen LogP contribution >= 0.6 is 11.5 Å². The predicted octanol–water partition coefficient (Wildman–Crippen LogP) is 2.75. The largest absolute Gasteiger partial charge is 0.364 e. The number of halogens is 1. The SMILES string of the molecule is CN(Cc1ccccc1)B(Cl)c1ccccc1. The Bertz CT molecular complexity index is 446. The molecule has 0 aliphatic rings. The van der Waals surface area contributed by atoms with E-state index in [1.54, 1.807) is 0 Å². The minimum atomic E-state index is -0.0867. The van der Waals surface area contributed by atoms with E-state index in [-0.39, 0.29) is 6.26 Å². The van der Waals surface area contributed by atoms with E-state index in [9.17, 15) is 0 Å². The molecular weight excluding hydrogens is 228 g/mol. The maximum atomic E-state index is 6.43. The van der Waals surface area contributed by atoms with Crippen LogP contribution in [-0.2, 0) is 6.54 Å². The first kappa shape index (κ1) is 12.2. The van der Waals surface area contributed by atoms with E-state index < -0.39 is 0 Å². The summed E-state index contributed by atoms with van der Waals surface area (Å²) >= 11 is 6.43. The van der Waals surface area contributed by atoms with E-state index in [1.807, 2.05) is 31.3 Å². The quantitative estimate of drug-likeness (QED) is 0.747. The maximum Gasteiger partial charge on any atom is 0.364 e. The molecule has 0 atom stereocenters. The van der Waals surface area contributed by atoms with Crippen LogP contribution in [0.2, 0.25) is 0 Å². The summed E-state index contributed by atoms with van der Waals surface area (Å²) in [5.74, 6) is 0. The minimum absolute atomic E-state index is 0.0867. The summed E-state index contributed by atoms with van der Waals surface area (Å²) in [7, 11) is 2.04. The van der Waals surface area contributed by atoms with Crippen molar-refractivity contribution in [3.63, 3.8) is 0 Å². The van der Waals surface area contributed by atoms with Gasteiger partial charge in [0.2, 0.25) is 0 Å². The Morgan fingerprint density at radius 1 is 0.941 bits per heavy atom. The Labute approximate surface area is 108 Å². The lowest BCUT2D eigenvalue weighted by molar-refractivity contribution is 0.532. The van der Waals surface area contributed by atoms with E-state index in [2.05, 4.69) is 41.2 Å². The van der Waals surface area contributed by atoms with E-state index in [4.69, 9.17) is 11.5 Å². The molecule has 0 amide bonds. The predicted molar refractivity (Wildman–Crippen MR) is 75.6 cm³/mol. The minimum Gasteiger partial charge on any atom is -0.323 e. The lowest BCUT2D eigenvalue weighted by atomic mass is 9.79. The maximum absolute atomic E-state index is 6.43. The summed E-state index contributed by atoms with van der Waals surface area (Å²) in [6.45, 7) is 0.851. The van der Waals surface area contributed by atoms with Crippen LogP contribution in [0.3, 0.4) is 0 Å². The van der Waals surface area contributed by atoms with Gasteiger partial charge in [0.05, 0.1) is 0 Å². The second kappa shape index (κ2) is 5.90. The molecule has 2 aromatic rings. The van der Waals surface area contributed by atoms with Gasteiger partial charge in [0.1, 0.15) is 0 Å². The summed E-state index contributed by atoms with van der Waals surface area (Å²) < 4.78 is 0. The van der Waals surface area contributed by atoms with Gasteiger partial charge in [0, 0.05) is 6.54 Å². The van der Waals surface area contributed by atoms with Crippen LogP contribution in [0.5, 0.6) is 0 Å². The van der Waals surface area contributed by atoms with Gasteiger partial charge >= 0.3 is 6.26 Å². The van der Waals surface area contributed by atoms with Crippen molar-refractivity contribution < 1.29 is 0 Å². The van der Waals surface area contributed by atoms with Gasteiger partial charge < -0.3 is 4.81 Å². The molecule has 86 valence electrons. The smallest absolute Gasteiger partial charge is 0.323 e. The summed E-state index contributed by atoms with van der Waals surface area (Å²) in [6.07, 6.45) is -0.0867. The van der Waals surface area contributed by atoms with E-state index >= 15 is 0 Å². The first-order valence-corrected chi connectivity index (χ1v) is 6.14. The Morgan fingerprint density at radius 2 is 1.47 bits per heavy atom. The molecule has 0 aliphatic heterocycles. The van der Waals surface area contributed by atoms with Crippen molar-refractivity contribution in [3.8, 4) is 0 Å². The van der Waals surface area contributed by atoms with Crippen molar-refractivity contribution >= 4 is 23.2 Å². The molecule has 2 rings (SSSR count). The highest BCUT2D eigenvalue weighted by molar-refractivity contribution is 7.12. The second-order valence-corrected chi connectivity index (χ2v) is 4.56. The average Bonchev–Trinajstić information content (AvgIpc) is 2.40. The summed E-state index contributed by atoms with van der Waals surface area (Å²) in [5.41, 5.74) is 2.41. The second-order valence-electron chi connectivity index (χ2n) is 4.15. The van der Waals surface area contributed by atoms with Crippen molar-refractivity contribution in [3.05, 3.63) is 66.2 Å². The van der Waals surface area contributed by atoms with Crippen LogP contribution in [0.15, 0.2) is 60.7 Å². The van der Waals surface area contributed by atoms with E-state index in [0.717, 1.165) is 12.0 Å². The normalized spacial score (nSPS) is 10.5. The highest BCUT2D eigenvalue weighted by Gasteiger charge is 2.19. The molecule has 3 heteroatoms. The molecule has 0 aromatic heterocycles. The molecule has 0 spiro atoms. The zero-order chi connectivity index (χ0) is 12.1. The highest BCUT2D eigenvalue weighted by Crippen LogP contribution is 2.06. The topological polar surface area (TPSA) is 3.24 Å². The van der Waals surface area contributed by atoms with Crippen molar-refractivity contribution in [1.82, 2.24) is 4.81 Å². The van der Waals surface area contributed by atoms with Gasteiger partial charge in [-0.05, 0) is 18.1 Å².